The highest BCUT2D eigenvalue weighted by atomic mass is 16.5. The minimum absolute atomic E-state index is 0.0986. The van der Waals surface area contributed by atoms with Gasteiger partial charge in [-0.3, -0.25) is 9.59 Å². The summed E-state index contributed by atoms with van der Waals surface area (Å²) in [6, 6.07) is 8.57. The first-order valence-corrected chi connectivity index (χ1v) is 13.0. The average molecular weight is 493 g/mol. The molecule has 1 aromatic rings. The molecular formula is C29H32O7. The first kappa shape index (κ1) is 23.6. The predicted octanol–water partition coefficient (Wildman–Crippen LogP) is 3.29. The van der Waals surface area contributed by atoms with E-state index in [-0.39, 0.29) is 30.1 Å². The van der Waals surface area contributed by atoms with Crippen molar-refractivity contribution in [1.29, 1.82) is 0 Å². The minimum atomic E-state index is -1.19. The summed E-state index contributed by atoms with van der Waals surface area (Å²) in [5.41, 5.74) is -1.34. The number of hydrogen-bond donors (Lipinski definition) is 1. The lowest BCUT2D eigenvalue weighted by atomic mass is 9.39. The Morgan fingerprint density at radius 3 is 2.64 bits per heavy atom. The summed E-state index contributed by atoms with van der Waals surface area (Å²) in [5.74, 6) is -2.24. The van der Waals surface area contributed by atoms with Crippen LogP contribution >= 0.6 is 0 Å². The van der Waals surface area contributed by atoms with Crippen LogP contribution in [-0.4, -0.2) is 47.9 Å². The second-order valence-electron chi connectivity index (χ2n) is 11.8. The Morgan fingerprint density at radius 2 is 1.94 bits per heavy atom. The Balaban J connectivity index is 1.44. The van der Waals surface area contributed by atoms with Crippen LogP contribution in [0.4, 0.5) is 0 Å². The Morgan fingerprint density at radius 1 is 1.19 bits per heavy atom. The Labute approximate surface area is 210 Å². The number of carbonyl (C=O) groups is 4. The molecule has 7 nitrogen and oxygen atoms in total. The third-order valence-electron chi connectivity index (χ3n) is 10.4. The number of esters is 2. The molecule has 6 aliphatic carbocycles. The van der Waals surface area contributed by atoms with Gasteiger partial charge in [-0.05, 0) is 49.7 Å². The zero-order valence-corrected chi connectivity index (χ0v) is 20.5. The molecule has 0 aromatic heterocycles. The van der Waals surface area contributed by atoms with Crippen molar-refractivity contribution in [3.63, 3.8) is 0 Å². The van der Waals surface area contributed by atoms with Crippen molar-refractivity contribution in [2.24, 2.45) is 39.9 Å². The molecule has 2 spiro atoms. The summed E-state index contributed by atoms with van der Waals surface area (Å²) in [4.78, 5) is 52.4. The summed E-state index contributed by atoms with van der Waals surface area (Å²) in [6.07, 6.45) is 2.59. The number of aldehydes is 1. The van der Waals surface area contributed by atoms with Crippen molar-refractivity contribution in [2.45, 2.75) is 57.7 Å². The molecule has 36 heavy (non-hydrogen) atoms. The van der Waals surface area contributed by atoms with Crippen molar-refractivity contribution in [1.82, 2.24) is 0 Å². The van der Waals surface area contributed by atoms with E-state index in [1.54, 1.807) is 30.3 Å². The maximum atomic E-state index is 14.4. The quantitative estimate of drug-likeness (QED) is 0.382. The summed E-state index contributed by atoms with van der Waals surface area (Å²) < 4.78 is 11.6. The van der Waals surface area contributed by atoms with Crippen LogP contribution in [0.5, 0.6) is 0 Å². The SMILES string of the molecule is C=C1C[C@]23C[C@@H](OC(C)=O)[C@H]4C5(CCC[C@@]4(C=O)COC(=O)c4ccccc4)C(=O)[C@H]2CC1[C@H](O)C53. The normalized spacial score (nSPS) is 44.1. The molecule has 7 heteroatoms. The lowest BCUT2D eigenvalue weighted by molar-refractivity contribution is -0.230. The molecule has 0 radical (unpaired) electrons. The van der Waals surface area contributed by atoms with Crippen LogP contribution in [-0.2, 0) is 23.9 Å². The molecule has 190 valence electrons. The van der Waals surface area contributed by atoms with Crippen LogP contribution in [0.15, 0.2) is 42.5 Å². The summed E-state index contributed by atoms with van der Waals surface area (Å²) in [7, 11) is 0. The molecule has 1 N–H and O–H groups in total. The Bertz CT molecular complexity index is 1160. The Hall–Kier alpha value is -2.80. The molecule has 6 saturated carbocycles. The first-order valence-electron chi connectivity index (χ1n) is 13.0. The number of ketones is 1. The van der Waals surface area contributed by atoms with Crippen LogP contribution in [0.3, 0.4) is 0 Å². The number of hydrogen-bond acceptors (Lipinski definition) is 7. The topological polar surface area (TPSA) is 107 Å². The molecule has 6 fully saturated rings. The highest BCUT2D eigenvalue weighted by molar-refractivity contribution is 5.94. The van der Waals surface area contributed by atoms with Gasteiger partial charge < -0.3 is 19.4 Å². The van der Waals surface area contributed by atoms with E-state index in [0.717, 1.165) is 11.9 Å². The zero-order chi connectivity index (χ0) is 25.5. The van der Waals surface area contributed by atoms with Crippen LogP contribution in [0.2, 0.25) is 0 Å². The number of aliphatic hydroxyl groups excluding tert-OH is 1. The van der Waals surface area contributed by atoms with Gasteiger partial charge in [0.05, 0.1) is 17.1 Å². The molecule has 0 heterocycles. The van der Waals surface area contributed by atoms with Gasteiger partial charge in [-0.15, -0.1) is 0 Å². The molecule has 0 saturated heterocycles. The van der Waals surface area contributed by atoms with Gasteiger partial charge in [0.1, 0.15) is 24.8 Å². The second kappa shape index (κ2) is 7.85. The Kier molecular flexibility index (Phi) is 5.14. The van der Waals surface area contributed by atoms with Crippen molar-refractivity contribution in [2.75, 3.05) is 6.61 Å². The van der Waals surface area contributed by atoms with Crippen LogP contribution < -0.4 is 0 Å². The summed E-state index contributed by atoms with van der Waals surface area (Å²) in [6.45, 7) is 5.37. The fourth-order valence-electron chi connectivity index (χ4n) is 9.48. The van der Waals surface area contributed by atoms with E-state index in [9.17, 15) is 24.3 Å². The standard InChI is InChI=1S/C29H32O7/c1-16-12-28-13-21(36-17(2)31)23-27(14-30,15-35-26(34)18-7-4-3-5-8-18)9-6-10-29(23)24(28)22(32)19(16)11-20(28)25(29)33/h3-5,7-8,14,19-24,32H,1,6,9-13,15H2,2H3/t19?,20-,21-,22+,23-,24?,27-,28+,29?/m1/s1. The number of carbonyl (C=O) groups excluding carboxylic acids is 4. The van der Waals surface area contributed by atoms with E-state index in [1.165, 1.54) is 6.92 Å². The summed E-state index contributed by atoms with van der Waals surface area (Å²) in [5, 5.41) is 11.6. The monoisotopic (exact) mass is 492 g/mol. The van der Waals surface area contributed by atoms with Gasteiger partial charge in [0.15, 0.2) is 0 Å². The van der Waals surface area contributed by atoms with Crippen LogP contribution in [0, 0.1) is 39.9 Å². The molecule has 0 amide bonds. The largest absolute Gasteiger partial charge is 0.462 e. The second-order valence-corrected chi connectivity index (χ2v) is 11.8. The highest BCUT2D eigenvalue weighted by Crippen LogP contribution is 2.79. The highest BCUT2D eigenvalue weighted by Gasteiger charge is 2.82. The fraction of sp³-hybridized carbons (Fsp3) is 0.586. The van der Waals surface area contributed by atoms with Gasteiger partial charge in [-0.1, -0.05) is 36.8 Å². The van der Waals surface area contributed by atoms with E-state index in [0.29, 0.717) is 44.1 Å². The van der Waals surface area contributed by atoms with E-state index < -0.39 is 46.3 Å². The van der Waals surface area contributed by atoms with Crippen LogP contribution in [0.1, 0.15) is 55.8 Å². The number of ether oxygens (including phenoxy) is 2. The van der Waals surface area contributed by atoms with Crippen LogP contribution in [0.25, 0.3) is 0 Å². The van der Waals surface area contributed by atoms with Gasteiger partial charge in [0.25, 0.3) is 0 Å². The zero-order valence-electron chi connectivity index (χ0n) is 20.5. The van der Waals surface area contributed by atoms with Crippen molar-refractivity contribution >= 4 is 24.0 Å². The predicted molar refractivity (Wildman–Crippen MR) is 127 cm³/mol. The first-order chi connectivity index (χ1) is 17.2. The third-order valence-corrected chi connectivity index (χ3v) is 10.4. The maximum absolute atomic E-state index is 14.4. The van der Waals surface area contributed by atoms with E-state index in [2.05, 4.69) is 6.58 Å². The van der Waals surface area contributed by atoms with Crippen molar-refractivity contribution < 1.29 is 33.8 Å². The lowest BCUT2D eigenvalue weighted by Gasteiger charge is -2.65. The van der Waals surface area contributed by atoms with E-state index >= 15 is 0 Å². The summed E-state index contributed by atoms with van der Waals surface area (Å²) >= 11 is 0. The number of Topliss-reactive ketones (excluding diaryl/α,β-unsaturated/α-hetero) is 1. The molecule has 7 rings (SSSR count). The van der Waals surface area contributed by atoms with E-state index in [4.69, 9.17) is 9.47 Å². The maximum Gasteiger partial charge on any atom is 0.338 e. The van der Waals surface area contributed by atoms with Gasteiger partial charge in [0, 0.05) is 36.0 Å². The molecule has 9 atom stereocenters. The van der Waals surface area contributed by atoms with Crippen molar-refractivity contribution in [3.05, 3.63) is 48.0 Å². The number of aliphatic hydroxyl groups is 1. The average Bonchev–Trinajstić information content (AvgIpc) is 2.93. The fourth-order valence-corrected chi connectivity index (χ4v) is 9.48. The van der Waals surface area contributed by atoms with Gasteiger partial charge in [-0.2, -0.15) is 0 Å². The minimum Gasteiger partial charge on any atom is -0.462 e. The molecular weight excluding hydrogens is 460 g/mol. The van der Waals surface area contributed by atoms with E-state index in [1.807, 2.05) is 0 Å². The lowest BCUT2D eigenvalue weighted by Crippen LogP contribution is -2.67. The molecule has 1 aromatic carbocycles. The molecule has 6 aliphatic rings. The number of benzene rings is 1. The number of rotatable bonds is 5. The smallest absolute Gasteiger partial charge is 0.338 e. The molecule has 5 bridgehead atoms. The molecule has 0 aliphatic heterocycles. The third kappa shape index (κ3) is 2.83. The van der Waals surface area contributed by atoms with Gasteiger partial charge in [-0.25, -0.2) is 4.79 Å². The molecule has 3 unspecified atom stereocenters. The van der Waals surface area contributed by atoms with Gasteiger partial charge >= 0.3 is 11.9 Å². The number of fused-ring (bicyclic) bond motifs is 1. The van der Waals surface area contributed by atoms with Gasteiger partial charge in [0.2, 0.25) is 0 Å². The van der Waals surface area contributed by atoms with Crippen molar-refractivity contribution in [3.8, 4) is 0 Å².